The van der Waals surface area contributed by atoms with Gasteiger partial charge in [0.2, 0.25) is 23.6 Å². The van der Waals surface area contributed by atoms with E-state index in [1.807, 2.05) is 0 Å². The first-order valence-corrected chi connectivity index (χ1v) is 22.0. The molecule has 0 saturated heterocycles. The predicted octanol–water partition coefficient (Wildman–Crippen LogP) is 0.423. The molecular formula is C44H70N6O16. The van der Waals surface area contributed by atoms with Crippen LogP contribution in [0.25, 0.3) is 0 Å². The van der Waals surface area contributed by atoms with Crippen LogP contribution in [0.4, 0.5) is 10.5 Å². The lowest BCUT2D eigenvalue weighted by Gasteiger charge is -2.24. The molecule has 0 radical (unpaired) electrons. The number of anilines is 1. The molecule has 4 N–H and O–H groups in total. The molecule has 1 heterocycles. The molecule has 22 nitrogen and oxygen atoms in total. The lowest BCUT2D eigenvalue weighted by Crippen LogP contribution is -2.53. The van der Waals surface area contributed by atoms with E-state index >= 15 is 0 Å². The van der Waals surface area contributed by atoms with Gasteiger partial charge in [0, 0.05) is 57.9 Å². The summed E-state index contributed by atoms with van der Waals surface area (Å²) in [5.74, 6) is -2.62. The van der Waals surface area contributed by atoms with Crippen molar-refractivity contribution < 1.29 is 76.2 Å². The van der Waals surface area contributed by atoms with Crippen molar-refractivity contribution in [1.29, 1.82) is 0 Å². The van der Waals surface area contributed by atoms with Crippen molar-refractivity contribution in [3.05, 3.63) is 42.0 Å². The fraction of sp³-hybridized carbons (Fsp3) is 0.659. The third-order valence-electron chi connectivity index (χ3n) is 9.08. The van der Waals surface area contributed by atoms with Gasteiger partial charge in [0.05, 0.1) is 106 Å². The first-order chi connectivity index (χ1) is 31.8. The maximum Gasteiger partial charge on any atom is 0.409 e. The molecule has 22 heteroatoms. The number of nitrogens with one attached hydrogen (secondary N) is 4. The molecule has 2 rings (SSSR count). The van der Waals surface area contributed by atoms with E-state index in [0.717, 1.165) is 10.5 Å². The summed E-state index contributed by atoms with van der Waals surface area (Å²) >= 11 is 0. The van der Waals surface area contributed by atoms with Crippen molar-refractivity contribution in [2.24, 2.45) is 5.92 Å². The maximum absolute atomic E-state index is 13.0. The lowest BCUT2D eigenvalue weighted by molar-refractivity contribution is -0.137. The SMILES string of the molecule is CC(C)[C@H](NC(=O)CCOCCOCCOCCOCCOCCOCCOCCOCCNC(=O)CCN1C(=O)C=CC1=O)C(=O)N[C@@H](C)C(=O)Nc1ccc(COC(=O)N(C)C)cc1. The van der Waals surface area contributed by atoms with Crippen LogP contribution in [0.1, 0.15) is 39.2 Å². The maximum atomic E-state index is 13.0. The number of carbonyl (C=O) groups is 7. The second-order valence-electron chi connectivity index (χ2n) is 15.1. The second-order valence-corrected chi connectivity index (χ2v) is 15.1. The van der Waals surface area contributed by atoms with Crippen LogP contribution in [0.3, 0.4) is 0 Å². The highest BCUT2D eigenvalue weighted by molar-refractivity contribution is 6.13. The van der Waals surface area contributed by atoms with Crippen LogP contribution < -0.4 is 21.3 Å². The van der Waals surface area contributed by atoms with Crippen molar-refractivity contribution >= 4 is 47.2 Å². The van der Waals surface area contributed by atoms with Gasteiger partial charge in [-0.25, -0.2) is 4.79 Å². The van der Waals surface area contributed by atoms with Crippen LogP contribution in [0, 0.1) is 5.92 Å². The normalized spacial score (nSPS) is 13.2. The number of hydrogen-bond acceptors (Lipinski definition) is 16. The van der Waals surface area contributed by atoms with Crippen LogP contribution >= 0.6 is 0 Å². The molecule has 0 saturated carbocycles. The van der Waals surface area contributed by atoms with Gasteiger partial charge in [-0.2, -0.15) is 0 Å². The molecule has 0 spiro atoms. The standard InChI is InChI=1S/C44H70N6O16/c1-33(2)41(43(56)46-34(3)42(55)47-36-8-6-35(7-9-36)32-66-44(57)49(4)5)48-38(52)13-16-58-18-20-60-22-24-62-26-28-64-30-31-65-29-27-63-25-23-61-21-19-59-17-14-45-37(51)12-15-50-39(53)10-11-40(50)54/h6-11,33-34,41H,12-32H2,1-5H3,(H,45,51)(H,46,56)(H,47,55)(H,48,52)/t34-,41-/m0/s1. The number of imide groups is 1. The third-order valence-corrected chi connectivity index (χ3v) is 9.08. The number of benzene rings is 1. The van der Waals surface area contributed by atoms with Crippen LogP contribution in [-0.4, -0.2) is 196 Å². The zero-order valence-electron chi connectivity index (χ0n) is 39.0. The Labute approximate surface area is 386 Å². The first-order valence-electron chi connectivity index (χ1n) is 22.0. The Morgan fingerprint density at radius 2 is 1.03 bits per heavy atom. The van der Waals surface area contributed by atoms with Gasteiger partial charge in [-0.05, 0) is 30.5 Å². The van der Waals surface area contributed by atoms with Gasteiger partial charge < -0.3 is 68.8 Å². The summed E-state index contributed by atoms with van der Waals surface area (Å²) in [6, 6.07) is 5.03. The van der Waals surface area contributed by atoms with E-state index in [1.165, 1.54) is 17.1 Å². The van der Waals surface area contributed by atoms with E-state index < -0.39 is 41.8 Å². The summed E-state index contributed by atoms with van der Waals surface area (Å²) in [7, 11) is 3.18. The third kappa shape index (κ3) is 26.8. The van der Waals surface area contributed by atoms with Crippen molar-refractivity contribution in [3.63, 3.8) is 0 Å². The highest BCUT2D eigenvalue weighted by Crippen LogP contribution is 2.12. The number of rotatable bonds is 38. The van der Waals surface area contributed by atoms with Gasteiger partial charge in [0.1, 0.15) is 18.7 Å². The largest absolute Gasteiger partial charge is 0.445 e. The predicted molar refractivity (Wildman–Crippen MR) is 238 cm³/mol. The lowest BCUT2D eigenvalue weighted by atomic mass is 10.0. The first kappa shape index (κ1) is 57.1. The summed E-state index contributed by atoms with van der Waals surface area (Å²) in [5.41, 5.74) is 1.25. The van der Waals surface area contributed by atoms with E-state index in [4.69, 9.17) is 42.6 Å². The monoisotopic (exact) mass is 938 g/mol. The van der Waals surface area contributed by atoms with Gasteiger partial charge >= 0.3 is 6.09 Å². The minimum absolute atomic E-state index is 0.0353. The van der Waals surface area contributed by atoms with E-state index in [2.05, 4.69) is 21.3 Å². The Balaban J connectivity index is 1.33. The van der Waals surface area contributed by atoms with Gasteiger partial charge in [-0.3, -0.25) is 33.7 Å². The van der Waals surface area contributed by atoms with E-state index in [9.17, 15) is 33.6 Å². The molecule has 0 aliphatic carbocycles. The Bertz CT molecular complexity index is 1610. The zero-order valence-corrected chi connectivity index (χ0v) is 39.0. The van der Waals surface area contributed by atoms with Crippen LogP contribution in [0.2, 0.25) is 0 Å². The zero-order chi connectivity index (χ0) is 48.4. The molecule has 7 amide bonds. The molecule has 2 atom stereocenters. The Morgan fingerprint density at radius 1 is 0.576 bits per heavy atom. The smallest absolute Gasteiger partial charge is 0.409 e. The minimum atomic E-state index is -0.882. The second kappa shape index (κ2) is 35.2. The molecule has 1 aliphatic rings. The molecule has 0 fully saturated rings. The quantitative estimate of drug-likeness (QED) is 0.0518. The topological polar surface area (TPSA) is 257 Å². The average molecular weight is 939 g/mol. The highest BCUT2D eigenvalue weighted by atomic mass is 16.6. The fourth-order valence-electron chi connectivity index (χ4n) is 5.38. The Hall–Kier alpha value is -5.07. The molecule has 1 aromatic carbocycles. The highest BCUT2D eigenvalue weighted by Gasteiger charge is 2.27. The summed E-state index contributed by atoms with van der Waals surface area (Å²) in [6.07, 6.45) is 1.98. The van der Waals surface area contributed by atoms with Gasteiger partial charge in [0.15, 0.2) is 0 Å². The summed E-state index contributed by atoms with van der Waals surface area (Å²) in [4.78, 5) is 87.1. The molecular weight excluding hydrogens is 869 g/mol. The molecule has 0 unspecified atom stereocenters. The van der Waals surface area contributed by atoms with E-state index in [1.54, 1.807) is 59.1 Å². The number of amides is 7. The number of hydrogen-bond donors (Lipinski definition) is 4. The Kier molecular flexibility index (Phi) is 30.4. The number of nitrogens with zero attached hydrogens (tertiary/aromatic N) is 2. The molecule has 66 heavy (non-hydrogen) atoms. The van der Waals surface area contributed by atoms with Crippen molar-refractivity contribution in [1.82, 2.24) is 25.8 Å². The van der Waals surface area contributed by atoms with Crippen molar-refractivity contribution in [3.8, 4) is 0 Å². The van der Waals surface area contributed by atoms with Crippen LogP contribution in [0.15, 0.2) is 36.4 Å². The summed E-state index contributed by atoms with van der Waals surface area (Å²) in [6.45, 7) is 11.4. The fourth-order valence-corrected chi connectivity index (χ4v) is 5.38. The molecule has 1 aromatic rings. The Morgan fingerprint density at radius 3 is 1.48 bits per heavy atom. The molecule has 1 aliphatic heterocycles. The van der Waals surface area contributed by atoms with Crippen LogP contribution in [0.5, 0.6) is 0 Å². The van der Waals surface area contributed by atoms with Crippen molar-refractivity contribution in [2.45, 2.75) is 52.3 Å². The van der Waals surface area contributed by atoms with Gasteiger partial charge in [-0.1, -0.05) is 26.0 Å². The molecule has 0 aromatic heterocycles. The van der Waals surface area contributed by atoms with Gasteiger partial charge in [0.25, 0.3) is 11.8 Å². The van der Waals surface area contributed by atoms with Gasteiger partial charge in [-0.15, -0.1) is 0 Å². The van der Waals surface area contributed by atoms with E-state index in [-0.39, 0.29) is 56.9 Å². The summed E-state index contributed by atoms with van der Waals surface area (Å²) in [5, 5.41) is 10.8. The molecule has 372 valence electrons. The van der Waals surface area contributed by atoms with Crippen LogP contribution in [-0.2, 0) is 78.0 Å². The number of carbonyl (C=O) groups excluding carboxylic acids is 7. The van der Waals surface area contributed by atoms with Crippen molar-refractivity contribution in [2.75, 3.05) is 138 Å². The van der Waals surface area contributed by atoms with E-state index in [0.29, 0.717) is 105 Å². The summed E-state index contributed by atoms with van der Waals surface area (Å²) < 4.78 is 48.9. The minimum Gasteiger partial charge on any atom is -0.445 e. The number of ether oxygens (including phenoxy) is 9. The average Bonchev–Trinajstić information content (AvgIpc) is 3.61. The molecule has 0 bridgehead atoms.